The molecule has 0 bridgehead atoms. The van der Waals surface area contributed by atoms with E-state index in [1.807, 2.05) is 0 Å². The molecule has 106 valence electrons. The fraction of sp³-hybridized carbons (Fsp3) is 0.818. The Labute approximate surface area is 107 Å². The van der Waals surface area contributed by atoms with E-state index in [1.54, 1.807) is 0 Å². The summed E-state index contributed by atoms with van der Waals surface area (Å²) in [6, 6.07) is -0.799. The van der Waals surface area contributed by atoms with Crippen LogP contribution in [-0.4, -0.2) is 54.4 Å². The minimum absolute atomic E-state index is 0.193. The Morgan fingerprint density at radius 3 is 2.11 bits per heavy atom. The zero-order chi connectivity index (χ0) is 13.8. The van der Waals surface area contributed by atoms with Gasteiger partial charge in [0.15, 0.2) is 0 Å². The van der Waals surface area contributed by atoms with E-state index in [0.29, 0.717) is 25.9 Å². The quantitative estimate of drug-likeness (QED) is 0.292. The van der Waals surface area contributed by atoms with Gasteiger partial charge in [0.2, 0.25) is 0 Å². The Kier molecular flexibility index (Phi) is 10.2. The molecule has 0 heterocycles. The first-order valence-corrected chi connectivity index (χ1v) is 6.15. The lowest BCUT2D eigenvalue weighted by Crippen LogP contribution is -2.34. The fourth-order valence-corrected chi connectivity index (χ4v) is 1.33. The molecule has 6 N–H and O–H groups in total. The first-order chi connectivity index (χ1) is 8.54. The van der Waals surface area contributed by atoms with Gasteiger partial charge in [0, 0.05) is 6.42 Å². The molecule has 0 radical (unpaired) electrons. The van der Waals surface area contributed by atoms with Crippen molar-refractivity contribution in [2.75, 3.05) is 26.2 Å². The molecule has 0 saturated heterocycles. The molecule has 0 rings (SSSR count). The molecule has 18 heavy (non-hydrogen) atoms. The number of rotatable bonds is 12. The van der Waals surface area contributed by atoms with E-state index < -0.39 is 18.0 Å². The van der Waals surface area contributed by atoms with Crippen LogP contribution in [0.5, 0.6) is 0 Å². The normalized spacial score (nSPS) is 12.3. The van der Waals surface area contributed by atoms with E-state index in [4.69, 9.17) is 15.9 Å². The SMILES string of the molecule is N[C@@H](CCNCCCNCCCC(=O)O)C(=O)O. The summed E-state index contributed by atoms with van der Waals surface area (Å²) in [5.41, 5.74) is 5.34. The third kappa shape index (κ3) is 11.3. The number of carboxylic acids is 2. The standard InChI is InChI=1S/C11H23N3O4/c12-9(11(17)18)4-8-14-7-2-6-13-5-1-3-10(15)16/h9,13-14H,1-8,12H2,(H,15,16)(H,17,18)/t9-/m0/s1. The number of hydrogen-bond acceptors (Lipinski definition) is 5. The highest BCUT2D eigenvalue weighted by molar-refractivity contribution is 5.72. The average molecular weight is 261 g/mol. The Morgan fingerprint density at radius 2 is 1.56 bits per heavy atom. The van der Waals surface area contributed by atoms with Crippen molar-refractivity contribution in [3.8, 4) is 0 Å². The molecule has 0 aliphatic carbocycles. The van der Waals surface area contributed by atoms with E-state index in [-0.39, 0.29) is 6.42 Å². The summed E-state index contributed by atoms with van der Waals surface area (Å²) in [5.74, 6) is -1.75. The molecule has 0 amide bonds. The number of nitrogens with one attached hydrogen (secondary N) is 2. The van der Waals surface area contributed by atoms with Gasteiger partial charge in [-0.15, -0.1) is 0 Å². The van der Waals surface area contributed by atoms with Gasteiger partial charge in [-0.3, -0.25) is 9.59 Å². The maximum absolute atomic E-state index is 10.4. The van der Waals surface area contributed by atoms with E-state index in [9.17, 15) is 9.59 Å². The summed E-state index contributed by atoms with van der Waals surface area (Å²) in [6.07, 6.45) is 2.16. The summed E-state index contributed by atoms with van der Waals surface area (Å²) < 4.78 is 0. The van der Waals surface area contributed by atoms with Gasteiger partial charge in [-0.1, -0.05) is 0 Å². The highest BCUT2D eigenvalue weighted by atomic mass is 16.4. The zero-order valence-corrected chi connectivity index (χ0v) is 10.5. The summed E-state index contributed by atoms with van der Waals surface area (Å²) in [4.78, 5) is 20.6. The monoisotopic (exact) mass is 261 g/mol. The molecule has 0 aromatic heterocycles. The molecule has 0 saturated carbocycles. The lowest BCUT2D eigenvalue weighted by atomic mass is 10.2. The zero-order valence-electron chi connectivity index (χ0n) is 10.5. The maximum atomic E-state index is 10.4. The second kappa shape index (κ2) is 10.9. The van der Waals surface area contributed by atoms with Crippen molar-refractivity contribution >= 4 is 11.9 Å². The van der Waals surface area contributed by atoms with Crippen molar-refractivity contribution in [1.29, 1.82) is 0 Å². The first kappa shape index (κ1) is 16.8. The molecule has 0 unspecified atom stereocenters. The summed E-state index contributed by atoms with van der Waals surface area (Å²) in [7, 11) is 0. The molecule has 0 fully saturated rings. The van der Waals surface area contributed by atoms with Crippen LogP contribution in [-0.2, 0) is 9.59 Å². The van der Waals surface area contributed by atoms with Crippen molar-refractivity contribution in [2.24, 2.45) is 5.73 Å². The lowest BCUT2D eigenvalue weighted by molar-refractivity contribution is -0.139. The van der Waals surface area contributed by atoms with Crippen LogP contribution in [0.2, 0.25) is 0 Å². The van der Waals surface area contributed by atoms with Crippen LogP contribution in [0.4, 0.5) is 0 Å². The largest absolute Gasteiger partial charge is 0.481 e. The van der Waals surface area contributed by atoms with Crippen LogP contribution < -0.4 is 16.4 Å². The highest BCUT2D eigenvalue weighted by Gasteiger charge is 2.09. The predicted molar refractivity (Wildman–Crippen MR) is 67.5 cm³/mol. The number of aliphatic carboxylic acids is 2. The third-order valence-corrected chi connectivity index (χ3v) is 2.40. The topological polar surface area (TPSA) is 125 Å². The van der Waals surface area contributed by atoms with Crippen molar-refractivity contribution in [2.45, 2.75) is 31.7 Å². The minimum Gasteiger partial charge on any atom is -0.481 e. The Bertz CT molecular complexity index is 248. The van der Waals surface area contributed by atoms with Crippen LogP contribution >= 0.6 is 0 Å². The third-order valence-electron chi connectivity index (χ3n) is 2.40. The van der Waals surface area contributed by atoms with Gasteiger partial charge in [0.05, 0.1) is 0 Å². The van der Waals surface area contributed by atoms with Crippen LogP contribution in [0.3, 0.4) is 0 Å². The van der Waals surface area contributed by atoms with Crippen molar-refractivity contribution in [3.05, 3.63) is 0 Å². The van der Waals surface area contributed by atoms with E-state index >= 15 is 0 Å². The van der Waals surface area contributed by atoms with Gasteiger partial charge < -0.3 is 26.6 Å². The number of carbonyl (C=O) groups is 2. The van der Waals surface area contributed by atoms with Crippen LogP contribution in [0, 0.1) is 0 Å². The van der Waals surface area contributed by atoms with Gasteiger partial charge in [-0.2, -0.15) is 0 Å². The second-order valence-electron chi connectivity index (χ2n) is 4.08. The molecule has 7 heteroatoms. The Balaban J connectivity index is 3.12. The summed E-state index contributed by atoms with van der Waals surface area (Å²) in [6.45, 7) is 2.90. The Hall–Kier alpha value is -1.18. The molecule has 7 nitrogen and oxygen atoms in total. The number of hydrogen-bond donors (Lipinski definition) is 5. The van der Waals surface area contributed by atoms with E-state index in [0.717, 1.165) is 19.5 Å². The highest BCUT2D eigenvalue weighted by Crippen LogP contribution is 1.87. The van der Waals surface area contributed by atoms with Crippen LogP contribution in [0.15, 0.2) is 0 Å². The predicted octanol–water partition coefficient (Wildman–Crippen LogP) is -0.777. The Morgan fingerprint density at radius 1 is 1.00 bits per heavy atom. The van der Waals surface area contributed by atoms with E-state index in [1.165, 1.54) is 0 Å². The summed E-state index contributed by atoms with van der Waals surface area (Å²) in [5, 5.41) is 23.2. The minimum atomic E-state index is -0.975. The van der Waals surface area contributed by atoms with Crippen LogP contribution in [0.1, 0.15) is 25.7 Å². The molecule has 1 atom stereocenters. The molecule has 0 spiro atoms. The average Bonchev–Trinajstić information content (AvgIpc) is 2.30. The van der Waals surface area contributed by atoms with Gasteiger partial charge in [0.1, 0.15) is 6.04 Å². The van der Waals surface area contributed by atoms with Gasteiger partial charge >= 0.3 is 11.9 Å². The second-order valence-corrected chi connectivity index (χ2v) is 4.08. The number of carboxylic acid groups (broad SMARTS) is 2. The molecule has 0 aromatic carbocycles. The molecular weight excluding hydrogens is 238 g/mol. The number of nitrogens with two attached hydrogens (primary N) is 1. The molecule has 0 aliphatic heterocycles. The van der Waals surface area contributed by atoms with Crippen molar-refractivity contribution < 1.29 is 19.8 Å². The fourth-order valence-electron chi connectivity index (χ4n) is 1.33. The first-order valence-electron chi connectivity index (χ1n) is 6.15. The van der Waals surface area contributed by atoms with Crippen molar-refractivity contribution in [1.82, 2.24) is 10.6 Å². The van der Waals surface area contributed by atoms with Gasteiger partial charge in [-0.25, -0.2) is 0 Å². The molecule has 0 aromatic rings. The van der Waals surface area contributed by atoms with Gasteiger partial charge in [0.25, 0.3) is 0 Å². The van der Waals surface area contributed by atoms with E-state index in [2.05, 4.69) is 10.6 Å². The lowest BCUT2D eigenvalue weighted by Gasteiger charge is -2.08. The smallest absolute Gasteiger partial charge is 0.320 e. The molecular formula is C11H23N3O4. The van der Waals surface area contributed by atoms with Crippen molar-refractivity contribution in [3.63, 3.8) is 0 Å². The summed E-state index contributed by atoms with van der Waals surface area (Å²) >= 11 is 0. The van der Waals surface area contributed by atoms with Gasteiger partial charge in [-0.05, 0) is 45.4 Å². The maximum Gasteiger partial charge on any atom is 0.320 e. The van der Waals surface area contributed by atoms with Crippen LogP contribution in [0.25, 0.3) is 0 Å². The molecule has 0 aliphatic rings.